The van der Waals surface area contributed by atoms with Gasteiger partial charge >= 0.3 is 0 Å². The van der Waals surface area contributed by atoms with Gasteiger partial charge in [0, 0.05) is 25.9 Å². The van der Waals surface area contributed by atoms with E-state index >= 15 is 0 Å². The Hall–Kier alpha value is 0.158. The van der Waals surface area contributed by atoms with Gasteiger partial charge in [-0.3, -0.25) is 9.59 Å². The molecule has 2 nitrogen and oxygen atoms in total. The Kier molecular flexibility index (Phi) is 24.3. The molecular formula is C11H25B3O2Rh. The van der Waals surface area contributed by atoms with Crippen LogP contribution in [-0.2, 0) is 29.1 Å². The number of unbranched alkanes of at least 4 members (excludes halogenated alkanes) is 2. The molecule has 0 aromatic heterocycles. The molecule has 0 atom stereocenters. The number of ketones is 2. The van der Waals surface area contributed by atoms with E-state index in [2.05, 4.69) is 21.6 Å². The standard InChI is InChI=1S/C9H16O2.C2H9B3.Rh/c1-3-4-5-6-9(11)7-8(2)10;1-2-4-5-3;/h3-7H2,1-2H3;4-5H,2-3H2,1H3;. The molecule has 0 aromatic carbocycles. The van der Waals surface area contributed by atoms with Crippen molar-refractivity contribution < 1.29 is 29.1 Å². The number of Topliss-reactive ketones (excluding diaryl/α,β-unsaturated/α-hetero) is 2. The van der Waals surface area contributed by atoms with Crippen molar-refractivity contribution >= 4 is 33.5 Å². The second-order valence-corrected chi connectivity index (χ2v) is 4.23. The summed E-state index contributed by atoms with van der Waals surface area (Å²) < 4.78 is 0. The zero-order valence-corrected chi connectivity index (χ0v) is 13.4. The van der Waals surface area contributed by atoms with E-state index in [-0.39, 0.29) is 37.5 Å². The molecule has 17 heavy (non-hydrogen) atoms. The Morgan fingerprint density at radius 3 is 2.06 bits per heavy atom. The first kappa shape index (κ1) is 22.3. The average molecular weight is 325 g/mol. The van der Waals surface area contributed by atoms with Crippen LogP contribution in [0.3, 0.4) is 0 Å². The normalized spacial score (nSPS) is 8.18. The third-order valence-electron chi connectivity index (χ3n) is 2.21. The van der Waals surface area contributed by atoms with Crippen LogP contribution in [0.2, 0.25) is 6.32 Å². The molecule has 0 aromatic rings. The molecule has 0 unspecified atom stereocenters. The van der Waals surface area contributed by atoms with Crippen molar-refractivity contribution in [2.75, 3.05) is 0 Å². The van der Waals surface area contributed by atoms with Crippen molar-refractivity contribution in [3.05, 3.63) is 0 Å². The summed E-state index contributed by atoms with van der Waals surface area (Å²) in [5, 5.41) is 0. The molecule has 99 valence electrons. The maximum absolute atomic E-state index is 10.9. The minimum Gasteiger partial charge on any atom is -0.300 e. The molecule has 0 fully saturated rings. The molecule has 0 aliphatic rings. The van der Waals surface area contributed by atoms with Gasteiger partial charge in [-0.15, -0.1) is 0 Å². The Balaban J connectivity index is -0.000000280. The summed E-state index contributed by atoms with van der Waals surface area (Å²) in [6, 6.07) is 0. The van der Waals surface area contributed by atoms with Gasteiger partial charge in [-0.2, -0.15) is 0 Å². The Labute approximate surface area is 122 Å². The topological polar surface area (TPSA) is 34.1 Å². The SMILES string of the molecule is BBBCC.CCCCCC(=O)CC(C)=O.[Rh]. The zero-order chi connectivity index (χ0) is 12.8. The van der Waals surface area contributed by atoms with Crippen LogP contribution in [0.25, 0.3) is 0 Å². The molecule has 0 spiro atoms. The molecule has 0 N–H and O–H groups in total. The first-order chi connectivity index (χ1) is 7.58. The number of rotatable bonds is 8. The largest absolute Gasteiger partial charge is 0.300 e. The van der Waals surface area contributed by atoms with Gasteiger partial charge in [-0.25, -0.2) is 0 Å². The zero-order valence-electron chi connectivity index (χ0n) is 11.8. The van der Waals surface area contributed by atoms with Gasteiger partial charge in [0.2, 0.25) is 0 Å². The predicted molar refractivity (Wildman–Crippen MR) is 77.8 cm³/mol. The second-order valence-electron chi connectivity index (χ2n) is 4.23. The summed E-state index contributed by atoms with van der Waals surface area (Å²) in [5.74, 6) is 0.0671. The summed E-state index contributed by atoms with van der Waals surface area (Å²) in [5.41, 5.74) is 0. The van der Waals surface area contributed by atoms with Crippen LogP contribution < -0.4 is 0 Å². The van der Waals surface area contributed by atoms with Crippen LogP contribution in [0.5, 0.6) is 0 Å². The van der Waals surface area contributed by atoms with E-state index in [9.17, 15) is 9.59 Å². The molecule has 0 heterocycles. The van der Waals surface area contributed by atoms with Crippen LogP contribution in [0, 0.1) is 0 Å². The molecule has 0 amide bonds. The Bertz CT molecular complexity index is 188. The molecule has 1 radical (unpaired) electrons. The van der Waals surface area contributed by atoms with Crippen molar-refractivity contribution in [3.63, 3.8) is 0 Å². The molecular weight excluding hydrogens is 299 g/mol. The van der Waals surface area contributed by atoms with Crippen molar-refractivity contribution in [2.45, 2.75) is 59.2 Å². The first-order valence-corrected chi connectivity index (χ1v) is 6.59. The monoisotopic (exact) mass is 325 g/mol. The maximum Gasteiger partial charge on any atom is 0.140 e. The minimum absolute atomic E-state index is 0. The third-order valence-corrected chi connectivity index (χ3v) is 2.21. The summed E-state index contributed by atoms with van der Waals surface area (Å²) in [4.78, 5) is 21.4. The number of carbonyl (C=O) groups excluding carboxylic acids is 2. The quantitative estimate of drug-likeness (QED) is 0.377. The minimum atomic E-state index is -0.0218. The molecule has 0 aliphatic heterocycles. The molecule has 6 heteroatoms. The van der Waals surface area contributed by atoms with Gasteiger partial charge < -0.3 is 0 Å². The Morgan fingerprint density at radius 2 is 1.76 bits per heavy atom. The molecule has 0 saturated heterocycles. The van der Waals surface area contributed by atoms with E-state index in [1.807, 2.05) is 0 Å². The summed E-state index contributed by atoms with van der Waals surface area (Å²) in [6.07, 6.45) is 5.19. The molecule has 0 aliphatic carbocycles. The molecule has 0 saturated carbocycles. The van der Waals surface area contributed by atoms with Gasteiger partial charge in [0.25, 0.3) is 0 Å². The van der Waals surface area contributed by atoms with Gasteiger partial charge in [-0.1, -0.05) is 33.0 Å². The third kappa shape index (κ3) is 26.0. The van der Waals surface area contributed by atoms with E-state index in [0.717, 1.165) is 19.3 Å². The van der Waals surface area contributed by atoms with E-state index in [4.69, 9.17) is 0 Å². The fraction of sp³-hybridized carbons (Fsp3) is 0.818. The number of carbonyl (C=O) groups is 2. The van der Waals surface area contributed by atoms with Crippen molar-refractivity contribution in [1.29, 1.82) is 0 Å². The summed E-state index contributed by atoms with van der Waals surface area (Å²) in [6.45, 7) is 5.76. The van der Waals surface area contributed by atoms with E-state index in [1.54, 1.807) is 0 Å². The summed E-state index contributed by atoms with van der Waals surface area (Å²) >= 11 is 0. The van der Waals surface area contributed by atoms with Crippen LogP contribution in [0.1, 0.15) is 52.9 Å². The average Bonchev–Trinajstić information content (AvgIpc) is 2.19. The van der Waals surface area contributed by atoms with E-state index in [1.165, 1.54) is 27.5 Å². The van der Waals surface area contributed by atoms with Crippen LogP contribution in [0.15, 0.2) is 0 Å². The van der Waals surface area contributed by atoms with Gasteiger partial charge in [0.05, 0.1) is 28.4 Å². The second kappa shape index (κ2) is 18.5. The molecule has 0 bridgehead atoms. The van der Waals surface area contributed by atoms with Crippen LogP contribution in [-0.4, -0.2) is 33.5 Å². The van der Waals surface area contributed by atoms with Crippen LogP contribution in [0.4, 0.5) is 0 Å². The van der Waals surface area contributed by atoms with E-state index < -0.39 is 0 Å². The van der Waals surface area contributed by atoms with Crippen molar-refractivity contribution in [2.24, 2.45) is 0 Å². The van der Waals surface area contributed by atoms with Crippen LogP contribution >= 0.6 is 0 Å². The van der Waals surface area contributed by atoms with Crippen molar-refractivity contribution in [3.8, 4) is 0 Å². The fourth-order valence-electron chi connectivity index (χ4n) is 1.29. The predicted octanol–water partition coefficient (Wildman–Crippen LogP) is 0.873. The number of hydrogen-bond donors (Lipinski definition) is 0. The summed E-state index contributed by atoms with van der Waals surface area (Å²) in [7, 11) is 4.94. The number of hydrogen-bond acceptors (Lipinski definition) is 2. The van der Waals surface area contributed by atoms with Gasteiger partial charge in [0.15, 0.2) is 0 Å². The first-order valence-electron chi connectivity index (χ1n) is 6.59. The maximum atomic E-state index is 10.9. The molecule has 0 rings (SSSR count). The Morgan fingerprint density at radius 1 is 1.18 bits per heavy atom. The van der Waals surface area contributed by atoms with Gasteiger partial charge in [-0.05, 0) is 13.3 Å². The fourth-order valence-corrected chi connectivity index (χ4v) is 1.29. The van der Waals surface area contributed by atoms with Gasteiger partial charge in [0.1, 0.15) is 11.6 Å². The smallest absolute Gasteiger partial charge is 0.140 e. The van der Waals surface area contributed by atoms with Crippen molar-refractivity contribution in [1.82, 2.24) is 0 Å². The van der Waals surface area contributed by atoms with E-state index in [0.29, 0.717) is 6.42 Å².